The molecule has 0 spiro atoms. The van der Waals surface area contributed by atoms with Crippen LogP contribution in [-0.2, 0) is 6.42 Å². The highest BCUT2D eigenvalue weighted by Gasteiger charge is 2.20. The zero-order valence-corrected chi connectivity index (χ0v) is 11.4. The number of hydrogen-bond donors (Lipinski definition) is 2. The molecule has 0 saturated heterocycles. The predicted octanol–water partition coefficient (Wildman–Crippen LogP) is 2.41. The number of aromatic nitrogens is 1. The van der Waals surface area contributed by atoms with Gasteiger partial charge in [-0.3, -0.25) is 4.79 Å². The van der Waals surface area contributed by atoms with Crippen molar-refractivity contribution < 1.29 is 18.7 Å². The third kappa shape index (κ3) is 3.11. The minimum atomic E-state index is -1.26. The average Bonchev–Trinajstić information content (AvgIpc) is 2.80. The van der Waals surface area contributed by atoms with Crippen molar-refractivity contribution in [3.8, 4) is 5.75 Å². The van der Waals surface area contributed by atoms with Gasteiger partial charge in [0.05, 0.1) is 10.7 Å². The number of aryl methyl sites for hydroxylation is 1. The first-order valence-electron chi connectivity index (χ1n) is 5.85. The smallest absolute Gasteiger partial charge is 0.257 e. The molecule has 4 nitrogen and oxygen atoms in total. The van der Waals surface area contributed by atoms with E-state index in [1.165, 1.54) is 11.3 Å². The van der Waals surface area contributed by atoms with Gasteiger partial charge < -0.3 is 10.4 Å². The van der Waals surface area contributed by atoms with Crippen LogP contribution in [0.4, 0.5) is 8.78 Å². The number of carbonyl (C=O) groups excluding carboxylic acids is 1. The molecule has 2 rings (SSSR count). The number of phenols is 1. The summed E-state index contributed by atoms with van der Waals surface area (Å²) in [5.74, 6) is -3.93. The van der Waals surface area contributed by atoms with Crippen LogP contribution in [0.2, 0.25) is 0 Å². The summed E-state index contributed by atoms with van der Waals surface area (Å²) in [5.41, 5.74) is 0.0316. The van der Waals surface area contributed by atoms with Crippen LogP contribution in [0.3, 0.4) is 0 Å². The Balaban J connectivity index is 2.00. The van der Waals surface area contributed by atoms with Crippen LogP contribution in [-0.4, -0.2) is 22.5 Å². The summed E-state index contributed by atoms with van der Waals surface area (Å²) in [6.45, 7) is 2.07. The standard InChI is InChI=1S/C13H12F2N2O2S/c1-7-17-8(6-20-7)4-5-16-13(19)11-9(14)2-3-10(18)12(11)15/h2-3,6,18H,4-5H2,1H3,(H,16,19). The number of aromatic hydroxyl groups is 1. The van der Waals surface area contributed by atoms with E-state index in [1.807, 2.05) is 12.3 Å². The molecule has 1 heterocycles. The maximum Gasteiger partial charge on any atom is 0.257 e. The predicted molar refractivity (Wildman–Crippen MR) is 70.9 cm³/mol. The Morgan fingerprint density at radius 3 is 2.85 bits per heavy atom. The first-order valence-corrected chi connectivity index (χ1v) is 6.73. The quantitative estimate of drug-likeness (QED) is 0.911. The third-order valence-electron chi connectivity index (χ3n) is 2.63. The number of phenolic OH excluding ortho intramolecular Hbond substituents is 1. The van der Waals surface area contributed by atoms with Gasteiger partial charge in [0.25, 0.3) is 5.91 Å². The van der Waals surface area contributed by atoms with Gasteiger partial charge in [0.2, 0.25) is 0 Å². The molecule has 1 aromatic carbocycles. The van der Waals surface area contributed by atoms with Gasteiger partial charge >= 0.3 is 0 Å². The molecule has 2 N–H and O–H groups in total. The Labute approximate surface area is 118 Å². The first kappa shape index (κ1) is 14.4. The zero-order chi connectivity index (χ0) is 14.7. The minimum absolute atomic E-state index is 0.205. The Morgan fingerprint density at radius 1 is 1.45 bits per heavy atom. The molecular weight excluding hydrogens is 286 g/mol. The van der Waals surface area contributed by atoms with Crippen LogP contribution in [0.15, 0.2) is 17.5 Å². The van der Waals surface area contributed by atoms with Gasteiger partial charge in [0.15, 0.2) is 11.6 Å². The van der Waals surface area contributed by atoms with Crippen molar-refractivity contribution >= 4 is 17.2 Å². The molecule has 0 fully saturated rings. The largest absolute Gasteiger partial charge is 0.505 e. The summed E-state index contributed by atoms with van der Waals surface area (Å²) < 4.78 is 26.9. The van der Waals surface area contributed by atoms with Crippen molar-refractivity contribution in [2.45, 2.75) is 13.3 Å². The van der Waals surface area contributed by atoms with Crippen LogP contribution in [0.5, 0.6) is 5.75 Å². The minimum Gasteiger partial charge on any atom is -0.505 e. The summed E-state index contributed by atoms with van der Waals surface area (Å²) in [4.78, 5) is 15.9. The summed E-state index contributed by atoms with van der Waals surface area (Å²) in [6.07, 6.45) is 0.470. The molecule has 0 unspecified atom stereocenters. The lowest BCUT2D eigenvalue weighted by molar-refractivity contribution is 0.0944. The SMILES string of the molecule is Cc1nc(CCNC(=O)c2c(F)ccc(O)c2F)cs1. The summed E-state index contributed by atoms with van der Waals surface area (Å²) in [6, 6.07) is 1.70. The first-order chi connectivity index (χ1) is 9.49. The van der Waals surface area contributed by atoms with Crippen LogP contribution in [0.25, 0.3) is 0 Å². The number of benzene rings is 1. The molecule has 0 aliphatic carbocycles. The van der Waals surface area contributed by atoms with E-state index in [4.69, 9.17) is 5.11 Å². The fraction of sp³-hybridized carbons (Fsp3) is 0.231. The fourth-order valence-electron chi connectivity index (χ4n) is 1.67. The zero-order valence-electron chi connectivity index (χ0n) is 10.6. The topological polar surface area (TPSA) is 62.2 Å². The number of thiazole rings is 1. The monoisotopic (exact) mass is 298 g/mol. The van der Waals surface area contributed by atoms with E-state index in [-0.39, 0.29) is 6.54 Å². The average molecular weight is 298 g/mol. The van der Waals surface area contributed by atoms with Crippen molar-refractivity contribution in [3.05, 3.63) is 45.4 Å². The molecule has 0 bridgehead atoms. The number of amides is 1. The van der Waals surface area contributed by atoms with E-state index in [0.717, 1.165) is 22.8 Å². The number of halogens is 2. The molecule has 7 heteroatoms. The van der Waals surface area contributed by atoms with Crippen molar-refractivity contribution in [2.24, 2.45) is 0 Å². The molecule has 2 aromatic rings. The Bertz CT molecular complexity index is 643. The number of hydrogen-bond acceptors (Lipinski definition) is 4. The van der Waals surface area contributed by atoms with E-state index >= 15 is 0 Å². The molecule has 0 saturated carbocycles. The molecule has 1 aromatic heterocycles. The molecule has 0 atom stereocenters. The van der Waals surface area contributed by atoms with E-state index in [2.05, 4.69) is 10.3 Å². The second-order valence-corrected chi connectivity index (χ2v) is 5.18. The molecular formula is C13H12F2N2O2S. The van der Waals surface area contributed by atoms with Crippen LogP contribution >= 0.6 is 11.3 Å². The Hall–Kier alpha value is -2.02. The number of carbonyl (C=O) groups is 1. The number of nitrogens with one attached hydrogen (secondary N) is 1. The lowest BCUT2D eigenvalue weighted by Crippen LogP contribution is -2.27. The molecule has 1 amide bonds. The van der Waals surface area contributed by atoms with Gasteiger partial charge in [-0.15, -0.1) is 11.3 Å². The Morgan fingerprint density at radius 2 is 2.20 bits per heavy atom. The normalized spacial score (nSPS) is 10.6. The van der Waals surface area contributed by atoms with Crippen LogP contribution in [0, 0.1) is 18.6 Å². The summed E-state index contributed by atoms with van der Waals surface area (Å²) >= 11 is 1.49. The van der Waals surface area contributed by atoms with Gasteiger partial charge in [0.1, 0.15) is 11.4 Å². The second-order valence-electron chi connectivity index (χ2n) is 4.12. The van der Waals surface area contributed by atoms with Crippen LogP contribution in [0.1, 0.15) is 21.1 Å². The van der Waals surface area contributed by atoms with Crippen LogP contribution < -0.4 is 5.32 Å². The second kappa shape index (κ2) is 5.96. The summed E-state index contributed by atoms with van der Waals surface area (Å²) in [5, 5.41) is 14.3. The van der Waals surface area contributed by atoms with E-state index in [9.17, 15) is 13.6 Å². The van der Waals surface area contributed by atoms with Crippen molar-refractivity contribution in [2.75, 3.05) is 6.54 Å². The van der Waals surface area contributed by atoms with Gasteiger partial charge in [0, 0.05) is 18.3 Å². The third-order valence-corrected chi connectivity index (χ3v) is 3.45. The highest BCUT2D eigenvalue weighted by molar-refractivity contribution is 7.09. The molecule has 20 heavy (non-hydrogen) atoms. The van der Waals surface area contributed by atoms with Gasteiger partial charge in [-0.1, -0.05) is 0 Å². The number of rotatable bonds is 4. The van der Waals surface area contributed by atoms with E-state index in [0.29, 0.717) is 6.42 Å². The summed E-state index contributed by atoms with van der Waals surface area (Å²) in [7, 11) is 0. The molecule has 0 aliphatic rings. The van der Waals surface area contributed by atoms with Crippen molar-refractivity contribution in [1.82, 2.24) is 10.3 Å². The highest BCUT2D eigenvalue weighted by atomic mass is 32.1. The lowest BCUT2D eigenvalue weighted by atomic mass is 10.1. The van der Waals surface area contributed by atoms with E-state index < -0.39 is 28.9 Å². The van der Waals surface area contributed by atoms with Gasteiger partial charge in [-0.25, -0.2) is 13.8 Å². The maximum atomic E-state index is 13.5. The van der Waals surface area contributed by atoms with Gasteiger partial charge in [-0.05, 0) is 19.1 Å². The van der Waals surface area contributed by atoms with E-state index in [1.54, 1.807) is 0 Å². The van der Waals surface area contributed by atoms with Crippen molar-refractivity contribution in [1.29, 1.82) is 0 Å². The lowest BCUT2D eigenvalue weighted by Gasteiger charge is -2.07. The van der Waals surface area contributed by atoms with Crippen molar-refractivity contribution in [3.63, 3.8) is 0 Å². The number of nitrogens with zero attached hydrogens (tertiary/aromatic N) is 1. The van der Waals surface area contributed by atoms with Gasteiger partial charge in [-0.2, -0.15) is 0 Å². The maximum absolute atomic E-state index is 13.5. The molecule has 0 radical (unpaired) electrons. The molecule has 0 aliphatic heterocycles. The Kier molecular flexibility index (Phi) is 4.29. The highest BCUT2D eigenvalue weighted by Crippen LogP contribution is 2.21. The fourth-order valence-corrected chi connectivity index (χ4v) is 2.31. The molecule has 106 valence electrons.